The predicted molar refractivity (Wildman–Crippen MR) is 114 cm³/mol. The minimum Gasteiger partial charge on any atom is -0.332 e. The van der Waals surface area contributed by atoms with Crippen LogP contribution in [-0.4, -0.2) is 22.3 Å². The molecule has 1 heterocycles. The molecular formula is C24H34N2O2. The second kappa shape index (κ2) is 8.76. The molecule has 1 aliphatic rings. The molecule has 0 radical (unpaired) electrons. The summed E-state index contributed by atoms with van der Waals surface area (Å²) in [5, 5.41) is 2.90. The minimum absolute atomic E-state index is 0.0143. The Hall–Kier alpha value is -2.36. The normalized spacial score (nSPS) is 17.9. The highest BCUT2D eigenvalue weighted by Crippen LogP contribution is 2.37. The monoisotopic (exact) mass is 382 g/mol. The molecule has 28 heavy (non-hydrogen) atoms. The topological polar surface area (TPSA) is 49.4 Å². The summed E-state index contributed by atoms with van der Waals surface area (Å²) in [5.41, 5.74) is 1.04. The van der Waals surface area contributed by atoms with Gasteiger partial charge in [-0.3, -0.25) is 9.59 Å². The molecule has 0 bridgehead atoms. The number of nitrogens with zero attached hydrogens (tertiary/aromatic N) is 1. The molecule has 1 atom stereocenters. The lowest BCUT2D eigenvalue weighted by Crippen LogP contribution is -2.44. The Bertz CT molecular complexity index is 744. The quantitative estimate of drug-likeness (QED) is 0.710. The van der Waals surface area contributed by atoms with Crippen molar-refractivity contribution in [2.24, 2.45) is 5.41 Å². The lowest BCUT2D eigenvalue weighted by molar-refractivity contribution is -0.132. The SMILES string of the molecule is CCC(CC)(CC)C(=O)N/C=C\C1=CC(c2ccccc2)N(C(C)(C)C)C1=O. The van der Waals surface area contributed by atoms with Crippen molar-refractivity contribution < 1.29 is 9.59 Å². The average Bonchev–Trinajstić information content (AvgIpc) is 3.01. The van der Waals surface area contributed by atoms with Crippen LogP contribution in [0.3, 0.4) is 0 Å². The van der Waals surface area contributed by atoms with Crippen LogP contribution in [0.25, 0.3) is 0 Å². The number of hydrogen-bond donors (Lipinski definition) is 1. The van der Waals surface area contributed by atoms with E-state index in [4.69, 9.17) is 0 Å². The Balaban J connectivity index is 2.24. The van der Waals surface area contributed by atoms with Gasteiger partial charge in [-0.05, 0) is 57.7 Å². The number of hydrogen-bond acceptors (Lipinski definition) is 2. The fourth-order valence-corrected chi connectivity index (χ4v) is 3.92. The van der Waals surface area contributed by atoms with E-state index in [0.717, 1.165) is 24.8 Å². The third kappa shape index (κ3) is 4.37. The van der Waals surface area contributed by atoms with Crippen molar-refractivity contribution >= 4 is 11.8 Å². The second-order valence-electron chi connectivity index (χ2n) is 8.47. The van der Waals surface area contributed by atoms with Crippen LogP contribution in [0.5, 0.6) is 0 Å². The Morgan fingerprint density at radius 2 is 1.64 bits per heavy atom. The zero-order valence-corrected chi connectivity index (χ0v) is 18.1. The van der Waals surface area contributed by atoms with E-state index in [-0.39, 0.29) is 28.8 Å². The van der Waals surface area contributed by atoms with Crippen molar-refractivity contribution in [2.75, 3.05) is 0 Å². The molecule has 1 aromatic rings. The summed E-state index contributed by atoms with van der Waals surface area (Å²) in [6.07, 6.45) is 7.74. The van der Waals surface area contributed by atoms with Gasteiger partial charge in [-0.15, -0.1) is 0 Å². The largest absolute Gasteiger partial charge is 0.332 e. The average molecular weight is 383 g/mol. The van der Waals surface area contributed by atoms with Gasteiger partial charge in [-0.2, -0.15) is 0 Å². The lowest BCUT2D eigenvalue weighted by Gasteiger charge is -2.37. The summed E-state index contributed by atoms with van der Waals surface area (Å²) in [6, 6.07) is 9.93. The second-order valence-corrected chi connectivity index (χ2v) is 8.47. The van der Waals surface area contributed by atoms with Crippen LogP contribution in [0.2, 0.25) is 0 Å². The summed E-state index contributed by atoms with van der Waals surface area (Å²) >= 11 is 0. The molecule has 4 heteroatoms. The predicted octanol–water partition coefficient (Wildman–Crippen LogP) is 5.14. The maximum absolute atomic E-state index is 13.1. The standard InChI is InChI=1S/C24H34N2O2/c1-7-24(8-2,9-3)22(28)25-16-15-19-17-20(18-13-11-10-12-14-18)26(21(19)27)23(4,5)6/h10-17,20H,7-9H2,1-6H3,(H,25,28)/b16-15-. The molecule has 0 saturated carbocycles. The highest BCUT2D eigenvalue weighted by molar-refractivity contribution is 5.99. The van der Waals surface area contributed by atoms with E-state index in [0.29, 0.717) is 5.57 Å². The molecule has 0 saturated heterocycles. The molecule has 1 aromatic carbocycles. The Labute approximate surface area is 169 Å². The van der Waals surface area contributed by atoms with E-state index in [1.807, 2.05) is 82.9 Å². The molecule has 152 valence electrons. The van der Waals surface area contributed by atoms with Gasteiger partial charge in [0.15, 0.2) is 0 Å². The zero-order valence-electron chi connectivity index (χ0n) is 18.1. The summed E-state index contributed by atoms with van der Waals surface area (Å²) in [4.78, 5) is 27.6. The first-order chi connectivity index (χ1) is 13.2. The summed E-state index contributed by atoms with van der Waals surface area (Å²) in [7, 11) is 0. The fraction of sp³-hybridized carbons (Fsp3) is 0.500. The lowest BCUT2D eigenvalue weighted by atomic mass is 9.79. The van der Waals surface area contributed by atoms with Crippen molar-refractivity contribution in [1.29, 1.82) is 0 Å². The van der Waals surface area contributed by atoms with Crippen LogP contribution < -0.4 is 5.32 Å². The number of nitrogens with one attached hydrogen (secondary N) is 1. The zero-order chi connectivity index (χ0) is 20.9. The van der Waals surface area contributed by atoms with Crippen molar-refractivity contribution in [1.82, 2.24) is 10.2 Å². The van der Waals surface area contributed by atoms with Gasteiger partial charge in [0, 0.05) is 22.7 Å². The van der Waals surface area contributed by atoms with Gasteiger partial charge >= 0.3 is 0 Å². The van der Waals surface area contributed by atoms with E-state index in [9.17, 15) is 9.59 Å². The number of carbonyl (C=O) groups is 2. The van der Waals surface area contributed by atoms with Crippen LogP contribution in [0.1, 0.15) is 72.4 Å². The molecule has 4 nitrogen and oxygen atoms in total. The van der Waals surface area contributed by atoms with Gasteiger partial charge in [0.1, 0.15) is 0 Å². The van der Waals surface area contributed by atoms with Gasteiger partial charge in [-0.1, -0.05) is 51.1 Å². The first kappa shape index (κ1) is 21.9. The maximum Gasteiger partial charge on any atom is 0.254 e. The maximum atomic E-state index is 13.1. The van der Waals surface area contributed by atoms with Gasteiger partial charge in [0.05, 0.1) is 6.04 Å². The molecule has 2 rings (SSSR count). The van der Waals surface area contributed by atoms with Gasteiger partial charge < -0.3 is 10.2 Å². The Morgan fingerprint density at radius 3 is 2.14 bits per heavy atom. The van der Waals surface area contributed by atoms with Crippen molar-refractivity contribution in [3.63, 3.8) is 0 Å². The first-order valence-electron chi connectivity index (χ1n) is 10.3. The third-order valence-corrected chi connectivity index (χ3v) is 5.93. The highest BCUT2D eigenvalue weighted by atomic mass is 16.2. The third-order valence-electron chi connectivity index (χ3n) is 5.93. The van der Waals surface area contributed by atoms with E-state index >= 15 is 0 Å². The molecule has 0 fully saturated rings. The molecule has 1 N–H and O–H groups in total. The number of amides is 2. The van der Waals surface area contributed by atoms with Crippen molar-refractivity contribution in [3.8, 4) is 0 Å². The van der Waals surface area contributed by atoms with E-state index in [1.165, 1.54) is 0 Å². The molecule has 0 spiro atoms. The fourth-order valence-electron chi connectivity index (χ4n) is 3.92. The van der Waals surface area contributed by atoms with Gasteiger partial charge in [0.25, 0.3) is 5.91 Å². The summed E-state index contributed by atoms with van der Waals surface area (Å²) in [5.74, 6) is 0.00849. The summed E-state index contributed by atoms with van der Waals surface area (Å²) in [6.45, 7) is 12.3. The molecule has 1 aliphatic heterocycles. The molecule has 2 amide bonds. The minimum atomic E-state index is -0.345. The smallest absolute Gasteiger partial charge is 0.254 e. The van der Waals surface area contributed by atoms with Crippen LogP contribution in [-0.2, 0) is 9.59 Å². The van der Waals surface area contributed by atoms with E-state index in [1.54, 1.807) is 12.3 Å². The first-order valence-corrected chi connectivity index (χ1v) is 10.3. The number of carbonyl (C=O) groups excluding carboxylic acids is 2. The highest BCUT2D eigenvalue weighted by Gasteiger charge is 2.39. The number of rotatable bonds is 7. The number of benzene rings is 1. The van der Waals surface area contributed by atoms with Crippen molar-refractivity contribution in [2.45, 2.75) is 72.4 Å². The molecule has 0 aromatic heterocycles. The van der Waals surface area contributed by atoms with E-state index in [2.05, 4.69) is 5.32 Å². The molecule has 0 aliphatic carbocycles. The van der Waals surface area contributed by atoms with Crippen LogP contribution in [0, 0.1) is 5.41 Å². The molecular weight excluding hydrogens is 348 g/mol. The Kier molecular flexibility index (Phi) is 6.87. The van der Waals surface area contributed by atoms with Gasteiger partial charge in [-0.25, -0.2) is 0 Å². The Morgan fingerprint density at radius 1 is 1.07 bits per heavy atom. The summed E-state index contributed by atoms with van der Waals surface area (Å²) < 4.78 is 0. The van der Waals surface area contributed by atoms with Crippen molar-refractivity contribution in [3.05, 3.63) is 59.8 Å². The van der Waals surface area contributed by atoms with Gasteiger partial charge in [0.2, 0.25) is 5.91 Å². The molecule has 1 unspecified atom stereocenters. The van der Waals surface area contributed by atoms with E-state index < -0.39 is 0 Å². The van der Waals surface area contributed by atoms with Crippen LogP contribution in [0.4, 0.5) is 0 Å². The van der Waals surface area contributed by atoms with Crippen LogP contribution in [0.15, 0.2) is 54.3 Å². The van der Waals surface area contributed by atoms with Crippen LogP contribution >= 0.6 is 0 Å².